The van der Waals surface area contributed by atoms with E-state index in [0.29, 0.717) is 18.5 Å². The maximum Gasteiger partial charge on any atom is 0.315 e. The highest BCUT2D eigenvalue weighted by Crippen LogP contribution is 2.18. The molecule has 0 unspecified atom stereocenters. The van der Waals surface area contributed by atoms with Crippen LogP contribution >= 0.6 is 0 Å². The van der Waals surface area contributed by atoms with Crippen molar-refractivity contribution in [2.24, 2.45) is 0 Å². The lowest BCUT2D eigenvalue weighted by Crippen LogP contribution is -2.51. The second kappa shape index (κ2) is 10.6. The summed E-state index contributed by atoms with van der Waals surface area (Å²) in [4.78, 5) is 26.7. The number of hydrogen-bond acceptors (Lipinski definition) is 3. The molecule has 1 aliphatic heterocycles. The van der Waals surface area contributed by atoms with Gasteiger partial charge in [0.15, 0.2) is 0 Å². The van der Waals surface area contributed by atoms with Crippen LogP contribution in [-0.2, 0) is 4.79 Å². The first-order valence-electron chi connectivity index (χ1n) is 11.2. The van der Waals surface area contributed by atoms with E-state index in [1.807, 2.05) is 12.1 Å². The van der Waals surface area contributed by atoms with E-state index in [1.165, 1.54) is 24.8 Å². The topological polar surface area (TPSA) is 73.5 Å². The molecule has 2 aliphatic rings. The third-order valence-electron chi connectivity index (χ3n) is 6.09. The Labute approximate surface area is 174 Å². The Morgan fingerprint density at radius 1 is 0.931 bits per heavy atom. The first-order valence-corrected chi connectivity index (χ1v) is 11.2. The van der Waals surface area contributed by atoms with E-state index >= 15 is 0 Å². The number of amides is 3. The van der Waals surface area contributed by atoms with Gasteiger partial charge in [-0.3, -0.25) is 9.69 Å². The summed E-state index contributed by atoms with van der Waals surface area (Å²) in [5, 5.41) is 9.22. The molecule has 3 N–H and O–H groups in total. The predicted octanol–water partition coefficient (Wildman–Crippen LogP) is 3.84. The normalized spacial score (nSPS) is 19.1. The number of nitrogens with one attached hydrogen (secondary N) is 3. The van der Waals surface area contributed by atoms with E-state index in [2.05, 4.69) is 46.8 Å². The van der Waals surface area contributed by atoms with Gasteiger partial charge in [0.05, 0.1) is 6.54 Å². The fourth-order valence-corrected chi connectivity index (χ4v) is 4.25. The molecule has 1 aromatic rings. The number of carbonyl (C=O) groups is 2. The molecule has 160 valence electrons. The molecule has 1 aliphatic carbocycles. The summed E-state index contributed by atoms with van der Waals surface area (Å²) < 4.78 is 0. The number of nitrogens with zero attached hydrogens (tertiary/aromatic N) is 1. The highest BCUT2D eigenvalue weighted by Gasteiger charge is 2.23. The second-order valence-corrected chi connectivity index (χ2v) is 8.83. The van der Waals surface area contributed by atoms with Crippen LogP contribution in [0.3, 0.4) is 0 Å². The molecule has 3 rings (SSSR count). The number of piperidine rings is 1. The molecule has 0 aromatic heterocycles. The first kappa shape index (κ1) is 21.6. The van der Waals surface area contributed by atoms with Crippen molar-refractivity contribution in [3.8, 4) is 0 Å². The Morgan fingerprint density at radius 3 is 2.10 bits per heavy atom. The van der Waals surface area contributed by atoms with Gasteiger partial charge >= 0.3 is 6.03 Å². The summed E-state index contributed by atoms with van der Waals surface area (Å²) in [5.41, 5.74) is 2.11. The zero-order valence-electron chi connectivity index (χ0n) is 17.9. The van der Waals surface area contributed by atoms with Crippen LogP contribution in [0, 0.1) is 0 Å². The minimum Gasteiger partial charge on any atom is -0.335 e. The maximum atomic E-state index is 12.3. The zero-order chi connectivity index (χ0) is 20.6. The summed E-state index contributed by atoms with van der Waals surface area (Å²) in [7, 11) is 0. The van der Waals surface area contributed by atoms with Crippen LogP contribution < -0.4 is 16.0 Å². The molecule has 0 spiro atoms. The summed E-state index contributed by atoms with van der Waals surface area (Å²) in [6.07, 6.45) is 7.68. The second-order valence-electron chi connectivity index (χ2n) is 8.83. The van der Waals surface area contributed by atoms with E-state index in [-0.39, 0.29) is 18.0 Å². The highest BCUT2D eigenvalue weighted by molar-refractivity contribution is 5.92. The molecule has 0 radical (unpaired) electrons. The van der Waals surface area contributed by atoms with Gasteiger partial charge < -0.3 is 16.0 Å². The third-order valence-corrected chi connectivity index (χ3v) is 6.09. The molecule has 1 saturated carbocycles. The van der Waals surface area contributed by atoms with Crippen molar-refractivity contribution < 1.29 is 9.59 Å². The number of benzene rings is 1. The van der Waals surface area contributed by atoms with E-state index in [4.69, 9.17) is 0 Å². The van der Waals surface area contributed by atoms with Crippen LogP contribution in [0.1, 0.15) is 70.3 Å². The Balaban J connectivity index is 1.34. The quantitative estimate of drug-likeness (QED) is 0.679. The van der Waals surface area contributed by atoms with Crippen LogP contribution in [0.5, 0.6) is 0 Å². The lowest BCUT2D eigenvalue weighted by molar-refractivity contribution is -0.117. The van der Waals surface area contributed by atoms with Gasteiger partial charge in [-0.05, 0) is 49.3 Å². The molecule has 0 bridgehead atoms. The molecule has 1 saturated heterocycles. The van der Waals surface area contributed by atoms with Crippen molar-refractivity contribution in [3.05, 3.63) is 29.8 Å². The Bertz CT molecular complexity index is 660. The average Bonchev–Trinajstić information content (AvgIpc) is 2.70. The molecule has 0 atom stereocenters. The number of hydrogen-bond donors (Lipinski definition) is 3. The molecular formula is C23H36N4O2. The van der Waals surface area contributed by atoms with Crippen molar-refractivity contribution in [3.63, 3.8) is 0 Å². The monoisotopic (exact) mass is 400 g/mol. The lowest BCUT2D eigenvalue weighted by Gasteiger charge is -2.32. The van der Waals surface area contributed by atoms with Crippen molar-refractivity contribution in [1.82, 2.24) is 15.5 Å². The van der Waals surface area contributed by atoms with E-state index in [9.17, 15) is 9.59 Å². The number of urea groups is 1. The minimum atomic E-state index is -0.0297. The van der Waals surface area contributed by atoms with Crippen LogP contribution in [0.2, 0.25) is 0 Å². The van der Waals surface area contributed by atoms with Crippen molar-refractivity contribution in [2.75, 3.05) is 25.0 Å². The molecule has 3 amide bonds. The summed E-state index contributed by atoms with van der Waals surface area (Å²) >= 11 is 0. The van der Waals surface area contributed by atoms with Gasteiger partial charge in [-0.1, -0.05) is 45.2 Å². The van der Waals surface area contributed by atoms with Crippen LogP contribution in [-0.4, -0.2) is 48.6 Å². The molecule has 6 nitrogen and oxygen atoms in total. The summed E-state index contributed by atoms with van der Waals surface area (Å²) in [6.45, 7) is 6.37. The van der Waals surface area contributed by atoms with E-state index in [1.54, 1.807) is 0 Å². The molecule has 1 heterocycles. The van der Waals surface area contributed by atoms with Crippen LogP contribution in [0.15, 0.2) is 24.3 Å². The zero-order valence-corrected chi connectivity index (χ0v) is 17.9. The third kappa shape index (κ3) is 7.03. The van der Waals surface area contributed by atoms with Gasteiger partial charge in [0, 0.05) is 30.9 Å². The molecule has 1 aromatic carbocycles. The Hall–Kier alpha value is -2.08. The smallest absolute Gasteiger partial charge is 0.315 e. The Morgan fingerprint density at radius 2 is 1.52 bits per heavy atom. The SMILES string of the molecule is CC(C)c1ccc(NC(=O)CN2CCC(NC(=O)NC3CCCCC3)CC2)cc1. The summed E-state index contributed by atoms with van der Waals surface area (Å²) in [6, 6.07) is 8.57. The summed E-state index contributed by atoms with van der Waals surface area (Å²) in [5.74, 6) is 0.503. The van der Waals surface area contributed by atoms with Crippen molar-refractivity contribution in [1.29, 1.82) is 0 Å². The van der Waals surface area contributed by atoms with Crippen molar-refractivity contribution in [2.45, 2.75) is 76.8 Å². The van der Waals surface area contributed by atoms with Crippen LogP contribution in [0.4, 0.5) is 10.5 Å². The highest BCUT2D eigenvalue weighted by atomic mass is 16.2. The van der Waals surface area contributed by atoms with Gasteiger partial charge in [-0.15, -0.1) is 0 Å². The van der Waals surface area contributed by atoms with Gasteiger partial charge in [-0.25, -0.2) is 4.79 Å². The first-order chi connectivity index (χ1) is 14.0. The molecule has 29 heavy (non-hydrogen) atoms. The maximum absolute atomic E-state index is 12.3. The molecular weight excluding hydrogens is 364 g/mol. The number of rotatable bonds is 6. The number of anilines is 1. The average molecular weight is 401 g/mol. The number of carbonyl (C=O) groups excluding carboxylic acids is 2. The number of likely N-dealkylation sites (tertiary alicyclic amines) is 1. The molecule has 2 fully saturated rings. The van der Waals surface area contributed by atoms with Crippen molar-refractivity contribution >= 4 is 17.6 Å². The lowest BCUT2D eigenvalue weighted by atomic mass is 9.96. The molecule has 6 heteroatoms. The van der Waals surface area contributed by atoms with E-state index in [0.717, 1.165) is 44.5 Å². The van der Waals surface area contributed by atoms with Gasteiger partial charge in [0.2, 0.25) is 5.91 Å². The fraction of sp³-hybridized carbons (Fsp3) is 0.652. The predicted molar refractivity (Wildman–Crippen MR) is 117 cm³/mol. The fourth-order valence-electron chi connectivity index (χ4n) is 4.25. The van der Waals surface area contributed by atoms with Gasteiger partial charge in [0.25, 0.3) is 0 Å². The standard InChI is InChI=1S/C23H36N4O2/c1-17(2)18-8-10-20(11-9-18)24-22(28)16-27-14-12-21(13-15-27)26-23(29)25-19-6-4-3-5-7-19/h8-11,17,19,21H,3-7,12-16H2,1-2H3,(H,24,28)(H2,25,26,29). The van der Waals surface area contributed by atoms with Gasteiger partial charge in [0.1, 0.15) is 0 Å². The minimum absolute atomic E-state index is 0.0174. The van der Waals surface area contributed by atoms with E-state index < -0.39 is 0 Å². The van der Waals surface area contributed by atoms with Gasteiger partial charge in [-0.2, -0.15) is 0 Å². The largest absolute Gasteiger partial charge is 0.335 e. The van der Waals surface area contributed by atoms with Crippen LogP contribution in [0.25, 0.3) is 0 Å². The Kier molecular flexibility index (Phi) is 7.92.